The van der Waals surface area contributed by atoms with E-state index >= 15 is 0 Å². The Balaban J connectivity index is 0. The van der Waals surface area contributed by atoms with E-state index in [9.17, 15) is 122 Å². The second-order valence-electron chi connectivity index (χ2n) is 7.73. The second-order valence-corrected chi connectivity index (χ2v) is 10.7. The zero-order chi connectivity index (χ0) is 37.0. The van der Waals surface area contributed by atoms with Gasteiger partial charge in [-0.15, -0.1) is 0 Å². The number of hydrogen-bond acceptors (Lipinski definition) is 4. The molecule has 270 valence electrons. The van der Waals surface area contributed by atoms with Crippen molar-refractivity contribution < 1.29 is 131 Å². The van der Waals surface area contributed by atoms with Gasteiger partial charge < -0.3 is 0 Å². The van der Waals surface area contributed by atoms with Crippen molar-refractivity contribution in [2.24, 2.45) is 0 Å². The molecule has 0 amide bonds. The molecule has 33 heteroatoms. The maximum absolute atomic E-state index is 14.2. The monoisotopic (exact) mass is 804 g/mol. The van der Waals surface area contributed by atoms with Crippen molar-refractivity contribution in [2.75, 3.05) is 0 Å². The van der Waals surface area contributed by atoms with Crippen LogP contribution in [0.3, 0.4) is 0 Å². The molecule has 0 bridgehead atoms. The van der Waals surface area contributed by atoms with E-state index < -0.39 is 90.0 Å². The van der Waals surface area contributed by atoms with Crippen LogP contribution < -0.4 is 0 Å². The minimum atomic E-state index is -9.89. The van der Waals surface area contributed by atoms with Gasteiger partial charge in [-0.25, -0.2) is 4.39 Å². The number of hydrogen-bond donors (Lipinski definition) is 2. The molecule has 0 heterocycles. The van der Waals surface area contributed by atoms with Crippen LogP contribution in [-0.4, -0.2) is 133 Å². The Bertz CT molecular complexity index is 1340. The van der Waals surface area contributed by atoms with Crippen molar-refractivity contribution in [1.82, 2.24) is 0 Å². The molecule has 0 spiro atoms. The van der Waals surface area contributed by atoms with Gasteiger partial charge in [-0.1, -0.05) is 0 Å². The minimum absolute atomic E-state index is 0. The van der Waals surface area contributed by atoms with Gasteiger partial charge in [0.15, 0.2) is 0 Å². The van der Waals surface area contributed by atoms with E-state index in [1.54, 1.807) is 0 Å². The SMILES string of the molecule is O=S(=O)(O)C(F)(F)C(F)(C(F)(F)C(F)(F)C(F)(F)C(F)(F)C(F)(F)C(F)(F)C(F)(F)C(F)(F)C(F)(F)C(F)(F)F)S(=O)(=O)O.[CaH2]. The van der Waals surface area contributed by atoms with Crippen LogP contribution in [-0.2, 0) is 20.2 Å². The van der Waals surface area contributed by atoms with Crippen molar-refractivity contribution in [3.63, 3.8) is 0 Å². The van der Waals surface area contributed by atoms with Crippen molar-refractivity contribution in [1.29, 1.82) is 0 Å². The molecule has 0 saturated heterocycles. The molecule has 0 radical (unpaired) electrons. The first-order chi connectivity index (χ1) is 18.2. The summed E-state index contributed by atoms with van der Waals surface area (Å²) in [7, 11) is -17.5. The Morgan fingerprint density at radius 1 is 0.311 bits per heavy atom. The van der Waals surface area contributed by atoms with Crippen molar-refractivity contribution in [3.8, 4) is 0 Å². The van der Waals surface area contributed by atoms with Gasteiger partial charge in [0, 0.05) is 0 Å². The summed E-state index contributed by atoms with van der Waals surface area (Å²) in [6.07, 6.45) is -8.27. The van der Waals surface area contributed by atoms with Gasteiger partial charge in [0.25, 0.3) is 0 Å². The summed E-state index contributed by atoms with van der Waals surface area (Å²) < 4.78 is 378. The molecule has 2 N–H and O–H groups in total. The first-order valence-corrected chi connectivity index (χ1v) is 11.6. The first kappa shape index (κ1) is 46.5. The topological polar surface area (TPSA) is 109 Å². The van der Waals surface area contributed by atoms with E-state index in [2.05, 4.69) is 0 Å². The summed E-state index contributed by atoms with van der Waals surface area (Å²) in [5.41, 5.74) is 0. The van der Waals surface area contributed by atoms with Gasteiger partial charge in [-0.05, 0) is 0 Å². The van der Waals surface area contributed by atoms with Crippen LogP contribution in [0.5, 0.6) is 0 Å². The molecule has 1 unspecified atom stereocenters. The predicted molar refractivity (Wildman–Crippen MR) is 91.0 cm³/mol. The maximum atomic E-state index is 14.2. The molecule has 0 aromatic heterocycles. The molecule has 0 aliphatic carbocycles. The van der Waals surface area contributed by atoms with E-state index in [0.717, 1.165) is 0 Å². The quantitative estimate of drug-likeness (QED) is 0.156. The Hall–Kier alpha value is -0.600. The normalized spacial score (nSPS) is 17.9. The van der Waals surface area contributed by atoms with Gasteiger partial charge in [-0.2, -0.15) is 118 Å². The molecule has 6 nitrogen and oxygen atoms in total. The Morgan fingerprint density at radius 3 is 0.644 bits per heavy atom. The molecular formula is C12H4CaF24O6S2. The van der Waals surface area contributed by atoms with Gasteiger partial charge in [0.05, 0.1) is 0 Å². The standard InChI is InChI=1S/C12H2F24O6S2.Ca.2H/c13-1(14,3(17,18)5(21,22)7(25,26)9(29,30)11(32,33)34)2(15,16)4(19,20)6(23,24)8(27,28)10(31,43(37,38)39)12(35,36)44(40,41)42;;;/h(H,37,38,39)(H,40,41,42);;;. The van der Waals surface area contributed by atoms with Gasteiger partial charge in [-0.3, -0.25) is 9.11 Å². The number of halogens is 24. The van der Waals surface area contributed by atoms with E-state index in [1.807, 2.05) is 0 Å². The van der Waals surface area contributed by atoms with Crippen LogP contribution in [0, 0.1) is 0 Å². The van der Waals surface area contributed by atoms with Crippen molar-refractivity contribution in [2.45, 2.75) is 69.7 Å². The molecule has 0 aliphatic heterocycles. The summed E-state index contributed by atoms with van der Waals surface area (Å²) >= 11 is 0. The fourth-order valence-corrected chi connectivity index (χ4v) is 4.27. The number of rotatable bonds is 12. The van der Waals surface area contributed by atoms with Gasteiger partial charge in [0.1, 0.15) is 0 Å². The second kappa shape index (κ2) is 11.2. The Labute approximate surface area is 258 Å². The summed E-state index contributed by atoms with van der Waals surface area (Å²) in [6, 6.07) is 0. The van der Waals surface area contributed by atoms with Crippen LogP contribution in [0.15, 0.2) is 0 Å². The molecular weight excluding hydrogens is 800 g/mol. The third-order valence-corrected chi connectivity index (χ3v) is 7.25. The zero-order valence-electron chi connectivity index (χ0n) is 18.4. The molecule has 0 fully saturated rings. The van der Waals surface area contributed by atoms with Crippen molar-refractivity contribution in [3.05, 3.63) is 0 Å². The van der Waals surface area contributed by atoms with Crippen LogP contribution in [0.2, 0.25) is 0 Å². The van der Waals surface area contributed by atoms with E-state index in [0.29, 0.717) is 0 Å². The molecule has 1 atom stereocenters. The van der Waals surface area contributed by atoms with E-state index in [-0.39, 0.29) is 37.7 Å². The Morgan fingerprint density at radius 2 is 0.489 bits per heavy atom. The van der Waals surface area contributed by atoms with Crippen LogP contribution >= 0.6 is 0 Å². The summed E-state index contributed by atoms with van der Waals surface area (Å²) in [5.74, 6) is -86.2. The molecule has 0 aliphatic rings. The first-order valence-electron chi connectivity index (χ1n) is 8.73. The molecule has 0 saturated carbocycles. The Kier molecular flexibility index (Phi) is 11.6. The molecule has 0 rings (SSSR count). The van der Waals surface area contributed by atoms with E-state index in [4.69, 9.17) is 9.11 Å². The average molecular weight is 804 g/mol. The fraction of sp³-hybridized carbons (Fsp3) is 1.00. The predicted octanol–water partition coefficient (Wildman–Crippen LogP) is 5.38. The van der Waals surface area contributed by atoms with Crippen LogP contribution in [0.4, 0.5) is 105 Å². The number of alkyl halides is 24. The summed E-state index contributed by atoms with van der Waals surface area (Å²) in [4.78, 5) is 0. The summed E-state index contributed by atoms with van der Waals surface area (Å²) in [6.45, 7) is 0. The summed E-state index contributed by atoms with van der Waals surface area (Å²) in [5, 5.41) is -17.4. The molecule has 0 aromatic carbocycles. The molecule has 45 heavy (non-hydrogen) atoms. The third kappa shape index (κ3) is 5.49. The average Bonchev–Trinajstić information content (AvgIpc) is 2.74. The van der Waals surface area contributed by atoms with Crippen LogP contribution in [0.25, 0.3) is 0 Å². The van der Waals surface area contributed by atoms with Gasteiger partial charge in [0.2, 0.25) is 0 Å². The van der Waals surface area contributed by atoms with Gasteiger partial charge >= 0.3 is 128 Å². The zero-order valence-corrected chi connectivity index (χ0v) is 20.0. The molecule has 0 aromatic rings. The fourth-order valence-electron chi connectivity index (χ4n) is 2.42. The van der Waals surface area contributed by atoms with Crippen molar-refractivity contribution >= 4 is 58.0 Å². The third-order valence-electron chi connectivity index (χ3n) is 4.97. The van der Waals surface area contributed by atoms with E-state index in [1.165, 1.54) is 0 Å². The van der Waals surface area contributed by atoms with Crippen LogP contribution in [0.1, 0.15) is 0 Å².